The second kappa shape index (κ2) is 17.8. The average Bonchev–Trinajstić information content (AvgIpc) is 3.07. The van der Waals surface area contributed by atoms with Gasteiger partial charge >= 0.3 is 11.9 Å². The van der Waals surface area contributed by atoms with Crippen molar-refractivity contribution in [1.82, 2.24) is 15.6 Å². The Labute approximate surface area is 281 Å². The number of methoxy groups -OCH3 is 1. The zero-order valence-electron chi connectivity index (χ0n) is 28.4. The highest BCUT2D eigenvalue weighted by Crippen LogP contribution is 2.22. The summed E-state index contributed by atoms with van der Waals surface area (Å²) in [5.41, 5.74) is 1.67. The van der Waals surface area contributed by atoms with Crippen LogP contribution in [-0.4, -0.2) is 59.5 Å². The van der Waals surface area contributed by atoms with Crippen molar-refractivity contribution >= 4 is 46.2 Å². The van der Waals surface area contributed by atoms with Crippen LogP contribution in [0.4, 0.5) is 0 Å². The van der Waals surface area contributed by atoms with Crippen molar-refractivity contribution in [1.29, 1.82) is 0 Å². The van der Waals surface area contributed by atoms with Crippen molar-refractivity contribution in [2.45, 2.75) is 72.6 Å². The van der Waals surface area contributed by atoms with Crippen molar-refractivity contribution in [3.8, 4) is 0 Å². The molecule has 0 saturated heterocycles. The van der Waals surface area contributed by atoms with Gasteiger partial charge in [0.1, 0.15) is 18.3 Å². The fraction of sp³-hybridized carbons (Fsp3) is 0.432. The van der Waals surface area contributed by atoms with Gasteiger partial charge in [0.15, 0.2) is 11.6 Å². The Balaban J connectivity index is 1.69. The second-order valence-electron chi connectivity index (χ2n) is 12.6. The molecular weight excluding hydrogens is 614 g/mol. The number of amides is 2. The lowest BCUT2D eigenvalue weighted by atomic mass is 9.86. The highest BCUT2D eigenvalue weighted by atomic mass is 16.5. The molecule has 0 spiro atoms. The minimum Gasteiger partial charge on any atom is -0.469 e. The van der Waals surface area contributed by atoms with E-state index in [-0.39, 0.29) is 42.8 Å². The quantitative estimate of drug-likeness (QED) is 0.156. The maximum atomic E-state index is 13.6. The van der Waals surface area contributed by atoms with Gasteiger partial charge < -0.3 is 20.1 Å². The summed E-state index contributed by atoms with van der Waals surface area (Å²) in [5.74, 6) is -5.71. The number of Topliss-reactive ketones (excluding diaryl/α,β-unsaturated/α-hetero) is 2. The fourth-order valence-corrected chi connectivity index (χ4v) is 5.15. The number of ether oxygens (including phenoxy) is 2. The smallest absolute Gasteiger partial charge is 0.328 e. The molecule has 1 heterocycles. The second-order valence-corrected chi connectivity index (χ2v) is 12.6. The molecule has 0 bridgehead atoms. The molecule has 0 saturated carbocycles. The molecule has 3 aromatic rings. The van der Waals surface area contributed by atoms with Crippen LogP contribution < -0.4 is 10.6 Å². The number of hydrogen-bond acceptors (Lipinski definition) is 9. The molecule has 0 aliphatic rings. The number of ketones is 2. The van der Waals surface area contributed by atoms with Crippen molar-refractivity contribution in [3.05, 3.63) is 78.0 Å². The molecule has 48 heavy (non-hydrogen) atoms. The highest BCUT2D eigenvalue weighted by molar-refractivity contribution is 6.00. The van der Waals surface area contributed by atoms with Gasteiger partial charge in [-0.1, -0.05) is 82.3 Å². The van der Waals surface area contributed by atoms with Crippen LogP contribution in [0.2, 0.25) is 0 Å². The van der Waals surface area contributed by atoms with E-state index in [1.165, 1.54) is 14.0 Å². The van der Waals surface area contributed by atoms with Crippen LogP contribution in [-0.2, 0) is 40.1 Å². The lowest BCUT2D eigenvalue weighted by Gasteiger charge is -2.26. The number of hydrogen-bond donors (Lipinski definition) is 2. The predicted octanol–water partition coefficient (Wildman–Crippen LogP) is 4.61. The maximum Gasteiger partial charge on any atom is 0.328 e. The van der Waals surface area contributed by atoms with Crippen LogP contribution in [0.5, 0.6) is 0 Å². The van der Waals surface area contributed by atoms with Crippen LogP contribution in [0.15, 0.2) is 66.7 Å². The van der Waals surface area contributed by atoms with E-state index < -0.39 is 59.9 Å². The van der Waals surface area contributed by atoms with Crippen molar-refractivity contribution in [2.24, 2.45) is 23.7 Å². The zero-order valence-corrected chi connectivity index (χ0v) is 28.4. The predicted molar refractivity (Wildman–Crippen MR) is 179 cm³/mol. The third kappa shape index (κ3) is 10.8. The van der Waals surface area contributed by atoms with Gasteiger partial charge in [-0.25, -0.2) is 9.78 Å². The van der Waals surface area contributed by atoms with Gasteiger partial charge in [0.05, 0.1) is 25.1 Å². The number of benzene rings is 2. The molecule has 0 aliphatic heterocycles. The number of nitrogens with one attached hydrogen (secondary N) is 2. The van der Waals surface area contributed by atoms with E-state index in [2.05, 4.69) is 15.6 Å². The van der Waals surface area contributed by atoms with E-state index in [9.17, 15) is 28.8 Å². The number of carbonyl (C=O) groups excluding carboxylic acids is 6. The molecule has 0 fully saturated rings. The summed E-state index contributed by atoms with van der Waals surface area (Å²) in [4.78, 5) is 83.0. The summed E-state index contributed by atoms with van der Waals surface area (Å²) < 4.78 is 10.1. The maximum absolute atomic E-state index is 13.6. The van der Waals surface area contributed by atoms with E-state index >= 15 is 0 Å². The van der Waals surface area contributed by atoms with Gasteiger partial charge in [-0.05, 0) is 36.5 Å². The normalized spacial score (nSPS) is 13.7. The number of pyridine rings is 1. The Hall–Kier alpha value is -4.93. The van der Waals surface area contributed by atoms with E-state index in [0.29, 0.717) is 5.52 Å². The van der Waals surface area contributed by atoms with Crippen molar-refractivity contribution in [3.63, 3.8) is 0 Å². The molecule has 2 amide bonds. The molecule has 11 heteroatoms. The SMILES string of the molecule is COC(=O)C[C@H](NC(=O)[C@@H](CC(=O)c1ccc2ccccc2n1)C(C)C)C(=O)C[C@H](C(=O)N[C@@H](C)C(=O)OCc1ccccc1)C(C)C. The average molecular weight is 660 g/mol. The standard InChI is InChI=1S/C37H45N3O8/c1-22(2)27(35(44)38-24(5)37(46)48-21-25-12-8-7-9-13-25)19-33(42)31(20-34(43)47-6)40-36(45)28(23(3)4)18-32(41)30-17-16-26-14-10-11-15-29(26)39-30/h7-17,22-24,27-28,31H,18-21H2,1-6H3,(H,38,44)(H,40,45)/t24-,27-,28-,31-/m0/s1. The van der Waals surface area contributed by atoms with Gasteiger partial charge in [0.2, 0.25) is 11.8 Å². The Bertz CT molecular complexity index is 1600. The third-order valence-corrected chi connectivity index (χ3v) is 8.23. The molecule has 2 N–H and O–H groups in total. The summed E-state index contributed by atoms with van der Waals surface area (Å²) in [6, 6.07) is 17.6. The number of carbonyl (C=O) groups is 6. The molecule has 0 unspecified atom stereocenters. The topological polar surface area (TPSA) is 158 Å². The summed E-state index contributed by atoms with van der Waals surface area (Å²) >= 11 is 0. The molecule has 0 radical (unpaired) electrons. The molecule has 1 aromatic heterocycles. The number of para-hydroxylation sites is 1. The van der Waals surface area contributed by atoms with Gasteiger partial charge in [0.25, 0.3) is 0 Å². The lowest BCUT2D eigenvalue weighted by molar-refractivity contribution is -0.149. The largest absolute Gasteiger partial charge is 0.469 e. The number of rotatable bonds is 17. The minimum absolute atomic E-state index is 0.0443. The molecule has 2 aromatic carbocycles. The van der Waals surface area contributed by atoms with Crippen LogP contribution in [0.25, 0.3) is 10.9 Å². The summed E-state index contributed by atoms with van der Waals surface area (Å²) in [5, 5.41) is 6.16. The van der Waals surface area contributed by atoms with E-state index in [1.807, 2.05) is 48.5 Å². The van der Waals surface area contributed by atoms with Gasteiger partial charge in [-0.15, -0.1) is 0 Å². The lowest BCUT2D eigenvalue weighted by Crippen LogP contribution is -2.48. The first-order valence-corrected chi connectivity index (χ1v) is 16.1. The van der Waals surface area contributed by atoms with E-state index in [0.717, 1.165) is 10.9 Å². The fourth-order valence-electron chi connectivity index (χ4n) is 5.15. The molecule has 11 nitrogen and oxygen atoms in total. The van der Waals surface area contributed by atoms with Gasteiger partial charge in [-0.2, -0.15) is 0 Å². The summed E-state index contributed by atoms with van der Waals surface area (Å²) in [6.45, 7) is 8.62. The first-order valence-electron chi connectivity index (χ1n) is 16.1. The van der Waals surface area contributed by atoms with Crippen molar-refractivity contribution in [2.75, 3.05) is 7.11 Å². The van der Waals surface area contributed by atoms with Crippen LogP contribution in [0.3, 0.4) is 0 Å². The first kappa shape index (κ1) is 37.5. The summed E-state index contributed by atoms with van der Waals surface area (Å²) in [7, 11) is 1.17. The molecule has 256 valence electrons. The van der Waals surface area contributed by atoms with Crippen LogP contribution in [0.1, 0.15) is 69.9 Å². The van der Waals surface area contributed by atoms with Gasteiger partial charge in [-0.3, -0.25) is 24.0 Å². The highest BCUT2D eigenvalue weighted by Gasteiger charge is 2.35. The molecule has 3 rings (SSSR count). The van der Waals surface area contributed by atoms with Crippen LogP contribution in [0, 0.1) is 23.7 Å². The number of esters is 2. The Kier molecular flexibility index (Phi) is 13.9. The Morgan fingerprint density at radius 1 is 0.708 bits per heavy atom. The molecule has 0 aliphatic carbocycles. The molecular formula is C37H45N3O8. The molecule has 4 atom stereocenters. The third-order valence-electron chi connectivity index (χ3n) is 8.23. The van der Waals surface area contributed by atoms with Crippen LogP contribution >= 0.6 is 0 Å². The first-order chi connectivity index (χ1) is 22.8. The van der Waals surface area contributed by atoms with Gasteiger partial charge in [0, 0.05) is 30.1 Å². The van der Waals surface area contributed by atoms with Crippen molar-refractivity contribution < 1.29 is 38.2 Å². The van der Waals surface area contributed by atoms with E-state index in [4.69, 9.17) is 9.47 Å². The number of fused-ring (bicyclic) bond motifs is 1. The number of aromatic nitrogens is 1. The minimum atomic E-state index is -1.30. The summed E-state index contributed by atoms with van der Waals surface area (Å²) in [6.07, 6.45) is -0.937. The zero-order chi connectivity index (χ0) is 35.4. The monoisotopic (exact) mass is 659 g/mol. The Morgan fingerprint density at radius 2 is 1.31 bits per heavy atom. The van der Waals surface area contributed by atoms with E-state index in [1.54, 1.807) is 45.9 Å². The number of nitrogens with zero attached hydrogens (tertiary/aromatic N) is 1. The Morgan fingerprint density at radius 3 is 1.96 bits per heavy atom.